The molecular formula is C15H10F2N2O3S2. The number of hydrogen-bond donors (Lipinski definition) is 0. The summed E-state index contributed by atoms with van der Waals surface area (Å²) >= 11 is 1.87. The average Bonchev–Trinajstić information content (AvgIpc) is 3.24. The molecule has 3 aromatic rings. The van der Waals surface area contributed by atoms with Gasteiger partial charge in [-0.05, 0) is 35.7 Å². The van der Waals surface area contributed by atoms with Gasteiger partial charge >= 0.3 is 5.97 Å². The van der Waals surface area contributed by atoms with Crippen molar-refractivity contribution in [2.45, 2.75) is 17.3 Å². The third-order valence-corrected chi connectivity index (χ3v) is 4.43. The lowest BCUT2D eigenvalue weighted by Crippen LogP contribution is -2.06. The zero-order chi connectivity index (χ0) is 16.9. The van der Waals surface area contributed by atoms with Crippen molar-refractivity contribution in [1.82, 2.24) is 10.1 Å². The van der Waals surface area contributed by atoms with Crippen LogP contribution in [0, 0.1) is 0 Å². The Kier molecular flexibility index (Phi) is 5.21. The van der Waals surface area contributed by atoms with Crippen LogP contribution in [-0.4, -0.2) is 21.9 Å². The molecule has 2 aromatic heterocycles. The minimum atomic E-state index is -2.50. The molecule has 0 aliphatic heterocycles. The molecule has 0 aliphatic rings. The average molecular weight is 368 g/mol. The molecule has 124 valence electrons. The van der Waals surface area contributed by atoms with Crippen LogP contribution in [0.25, 0.3) is 10.8 Å². The molecule has 0 unspecified atom stereocenters. The SMILES string of the molecule is O=C(OCc1noc(-c2cccs2)n1)c1ccc(SC(F)F)cc1. The number of carbonyl (C=O) groups is 1. The van der Waals surface area contributed by atoms with Gasteiger partial charge in [0.05, 0.1) is 10.4 Å². The van der Waals surface area contributed by atoms with Crippen LogP contribution in [0.3, 0.4) is 0 Å². The Morgan fingerprint density at radius 2 is 2.08 bits per heavy atom. The van der Waals surface area contributed by atoms with Crippen molar-refractivity contribution in [2.75, 3.05) is 0 Å². The van der Waals surface area contributed by atoms with E-state index in [0.717, 1.165) is 4.88 Å². The fraction of sp³-hybridized carbons (Fsp3) is 0.133. The number of aromatic nitrogens is 2. The first kappa shape index (κ1) is 16.6. The number of alkyl halides is 2. The maximum Gasteiger partial charge on any atom is 0.338 e. The van der Waals surface area contributed by atoms with Crippen LogP contribution in [-0.2, 0) is 11.3 Å². The molecule has 0 amide bonds. The van der Waals surface area contributed by atoms with Crippen LogP contribution in [0.1, 0.15) is 16.2 Å². The molecule has 1 aromatic carbocycles. The predicted molar refractivity (Wildman–Crippen MR) is 85.0 cm³/mol. The predicted octanol–water partition coefficient (Wildman–Crippen LogP) is 4.47. The Hall–Kier alpha value is -2.26. The first-order chi connectivity index (χ1) is 11.6. The monoisotopic (exact) mass is 368 g/mol. The first-order valence-electron chi connectivity index (χ1n) is 6.70. The molecule has 9 heteroatoms. The highest BCUT2D eigenvalue weighted by Crippen LogP contribution is 2.25. The summed E-state index contributed by atoms with van der Waals surface area (Å²) in [5.41, 5.74) is 0.260. The Morgan fingerprint density at radius 3 is 2.75 bits per heavy atom. The summed E-state index contributed by atoms with van der Waals surface area (Å²) in [6.45, 7) is -0.138. The molecule has 0 saturated heterocycles. The van der Waals surface area contributed by atoms with Gasteiger partial charge in [0.2, 0.25) is 5.82 Å². The number of carbonyl (C=O) groups excluding carboxylic acids is 1. The van der Waals surface area contributed by atoms with Gasteiger partial charge in [0.15, 0.2) is 6.61 Å². The number of nitrogens with zero attached hydrogens (tertiary/aromatic N) is 2. The lowest BCUT2D eigenvalue weighted by Gasteiger charge is -2.03. The normalized spacial score (nSPS) is 11.0. The zero-order valence-corrected chi connectivity index (χ0v) is 13.7. The molecule has 0 bridgehead atoms. The van der Waals surface area contributed by atoms with E-state index in [1.165, 1.54) is 35.6 Å². The molecule has 0 spiro atoms. The van der Waals surface area contributed by atoms with E-state index in [2.05, 4.69) is 10.1 Å². The van der Waals surface area contributed by atoms with Gasteiger partial charge in [-0.2, -0.15) is 13.8 Å². The highest BCUT2D eigenvalue weighted by atomic mass is 32.2. The van der Waals surface area contributed by atoms with Crippen LogP contribution < -0.4 is 0 Å². The van der Waals surface area contributed by atoms with Gasteiger partial charge in [-0.15, -0.1) is 11.3 Å². The molecule has 0 N–H and O–H groups in total. The third kappa shape index (κ3) is 4.18. The molecule has 24 heavy (non-hydrogen) atoms. The van der Waals surface area contributed by atoms with Gasteiger partial charge in [-0.3, -0.25) is 0 Å². The second-order valence-electron chi connectivity index (χ2n) is 4.47. The Bertz CT molecular complexity index is 805. The summed E-state index contributed by atoms with van der Waals surface area (Å²) in [6, 6.07) is 9.45. The number of thiophene rings is 1. The van der Waals surface area contributed by atoms with Gasteiger partial charge in [0, 0.05) is 4.90 Å². The van der Waals surface area contributed by atoms with Crippen molar-refractivity contribution in [3.8, 4) is 10.8 Å². The van der Waals surface area contributed by atoms with Crippen LogP contribution in [0.4, 0.5) is 8.78 Å². The van der Waals surface area contributed by atoms with E-state index in [0.29, 0.717) is 22.5 Å². The number of hydrogen-bond acceptors (Lipinski definition) is 7. The number of esters is 1. The highest BCUT2D eigenvalue weighted by Gasteiger charge is 2.13. The Morgan fingerprint density at radius 1 is 1.29 bits per heavy atom. The molecular weight excluding hydrogens is 358 g/mol. The molecule has 0 atom stereocenters. The van der Waals surface area contributed by atoms with Crippen LogP contribution >= 0.6 is 23.1 Å². The standard InChI is InChI=1S/C15H10F2N2O3S2/c16-15(17)24-10-5-3-9(4-6-10)14(20)21-8-12-18-13(22-19-12)11-2-1-7-23-11/h1-7,15H,8H2. The van der Waals surface area contributed by atoms with Crippen molar-refractivity contribution < 1.29 is 22.8 Å². The maximum atomic E-state index is 12.2. The Labute approximate surface area is 143 Å². The van der Waals surface area contributed by atoms with Crippen molar-refractivity contribution in [3.63, 3.8) is 0 Å². The van der Waals surface area contributed by atoms with E-state index in [1.54, 1.807) is 0 Å². The van der Waals surface area contributed by atoms with Gasteiger partial charge in [0.25, 0.3) is 11.6 Å². The van der Waals surface area contributed by atoms with Crippen molar-refractivity contribution in [3.05, 3.63) is 53.2 Å². The van der Waals surface area contributed by atoms with E-state index in [4.69, 9.17) is 9.26 Å². The third-order valence-electron chi connectivity index (χ3n) is 2.85. The minimum absolute atomic E-state index is 0.138. The topological polar surface area (TPSA) is 65.2 Å². The van der Waals surface area contributed by atoms with Crippen LogP contribution in [0.5, 0.6) is 0 Å². The number of halogens is 2. The molecule has 5 nitrogen and oxygen atoms in total. The number of benzene rings is 1. The van der Waals surface area contributed by atoms with E-state index < -0.39 is 11.7 Å². The highest BCUT2D eigenvalue weighted by molar-refractivity contribution is 7.99. The summed E-state index contributed by atoms with van der Waals surface area (Å²) < 4.78 is 34.7. The minimum Gasteiger partial charge on any atom is -0.454 e. The smallest absolute Gasteiger partial charge is 0.338 e. The second kappa shape index (κ2) is 7.54. The van der Waals surface area contributed by atoms with Gasteiger partial charge in [-0.1, -0.05) is 23.0 Å². The fourth-order valence-corrected chi connectivity index (χ4v) is 2.94. The van der Waals surface area contributed by atoms with Gasteiger partial charge in [0.1, 0.15) is 0 Å². The van der Waals surface area contributed by atoms with Gasteiger partial charge in [-0.25, -0.2) is 4.79 Å². The molecule has 2 heterocycles. The summed E-state index contributed by atoms with van der Waals surface area (Å²) in [5, 5.41) is 5.63. The fourth-order valence-electron chi connectivity index (χ4n) is 1.80. The summed E-state index contributed by atoms with van der Waals surface area (Å²) in [4.78, 5) is 17.3. The molecule has 0 fully saturated rings. The second-order valence-corrected chi connectivity index (χ2v) is 6.48. The molecule has 3 rings (SSSR count). The van der Waals surface area contributed by atoms with E-state index in [9.17, 15) is 13.6 Å². The summed E-state index contributed by atoms with van der Waals surface area (Å²) in [7, 11) is 0. The van der Waals surface area contributed by atoms with E-state index in [-0.39, 0.29) is 18.0 Å². The van der Waals surface area contributed by atoms with E-state index in [1.807, 2.05) is 17.5 Å². The summed E-state index contributed by atoms with van der Waals surface area (Å²) in [6.07, 6.45) is 0. The lowest BCUT2D eigenvalue weighted by atomic mass is 10.2. The lowest BCUT2D eigenvalue weighted by molar-refractivity contribution is 0.0459. The summed E-state index contributed by atoms with van der Waals surface area (Å²) in [5.74, 6) is -2.48. The Balaban J connectivity index is 1.57. The first-order valence-corrected chi connectivity index (χ1v) is 8.46. The van der Waals surface area contributed by atoms with Crippen molar-refractivity contribution in [2.24, 2.45) is 0 Å². The number of thioether (sulfide) groups is 1. The van der Waals surface area contributed by atoms with Crippen molar-refractivity contribution in [1.29, 1.82) is 0 Å². The van der Waals surface area contributed by atoms with E-state index >= 15 is 0 Å². The molecule has 0 saturated carbocycles. The maximum absolute atomic E-state index is 12.2. The molecule has 0 aliphatic carbocycles. The quantitative estimate of drug-likeness (QED) is 0.472. The largest absolute Gasteiger partial charge is 0.454 e. The number of ether oxygens (including phenoxy) is 1. The molecule has 0 radical (unpaired) electrons. The van der Waals surface area contributed by atoms with Crippen LogP contribution in [0.2, 0.25) is 0 Å². The number of rotatable bonds is 6. The zero-order valence-electron chi connectivity index (χ0n) is 12.0. The van der Waals surface area contributed by atoms with Crippen LogP contribution in [0.15, 0.2) is 51.2 Å². The van der Waals surface area contributed by atoms with Gasteiger partial charge < -0.3 is 9.26 Å². The van der Waals surface area contributed by atoms with Crippen molar-refractivity contribution >= 4 is 29.1 Å².